The van der Waals surface area contributed by atoms with Gasteiger partial charge in [0.15, 0.2) is 0 Å². The van der Waals surface area contributed by atoms with Crippen molar-refractivity contribution in [1.82, 2.24) is 5.32 Å². The molecule has 0 atom stereocenters. The monoisotopic (exact) mass is 203 g/mol. The molecule has 1 aromatic carbocycles. The van der Waals surface area contributed by atoms with E-state index in [1.165, 1.54) is 0 Å². The fourth-order valence-corrected chi connectivity index (χ4v) is 0.905. The number of carboxylic acids is 1. The third kappa shape index (κ3) is 6.37. The van der Waals surface area contributed by atoms with Gasteiger partial charge in [-0.05, 0) is 5.56 Å². The Bertz CT molecular complexity index is 251. The summed E-state index contributed by atoms with van der Waals surface area (Å²) in [6.45, 7) is 0.462. The normalized spacial score (nSPS) is 8.92. The number of aliphatic carboxylic acids is 1. The van der Waals surface area contributed by atoms with Crippen LogP contribution >= 0.6 is 0 Å². The van der Waals surface area contributed by atoms with Gasteiger partial charge in [0, 0.05) is 13.1 Å². The standard InChI is InChI=1S/C9H11NO2.K/c11-9(12)7-10-6-8-4-2-1-3-5-8;/h1-5,10H,6-7H2,(H,11,12);/q;+1/p-1. The van der Waals surface area contributed by atoms with Gasteiger partial charge in [-0.1, -0.05) is 30.3 Å². The van der Waals surface area contributed by atoms with Gasteiger partial charge in [-0.3, -0.25) is 0 Å². The Labute approximate surface area is 120 Å². The molecule has 0 amide bonds. The van der Waals surface area contributed by atoms with Crippen LogP contribution in [0.15, 0.2) is 30.3 Å². The van der Waals surface area contributed by atoms with Gasteiger partial charge in [-0.25, -0.2) is 0 Å². The summed E-state index contributed by atoms with van der Waals surface area (Å²) in [5.74, 6) is -1.08. The van der Waals surface area contributed by atoms with Gasteiger partial charge in [0.1, 0.15) is 0 Å². The molecule has 0 aliphatic heterocycles. The first kappa shape index (κ1) is 13.3. The summed E-state index contributed by atoms with van der Waals surface area (Å²) in [6, 6.07) is 9.61. The predicted octanol–water partition coefficient (Wildman–Crippen LogP) is -3.47. The molecule has 0 radical (unpaired) electrons. The zero-order valence-electron chi connectivity index (χ0n) is 7.62. The quantitative estimate of drug-likeness (QED) is 0.517. The average molecular weight is 203 g/mol. The Morgan fingerprint density at radius 1 is 1.31 bits per heavy atom. The summed E-state index contributed by atoms with van der Waals surface area (Å²) >= 11 is 0. The number of nitrogens with one attached hydrogen (secondary N) is 1. The summed E-state index contributed by atoms with van der Waals surface area (Å²) in [5.41, 5.74) is 1.07. The third-order valence-electron chi connectivity index (χ3n) is 1.44. The Morgan fingerprint density at radius 2 is 1.92 bits per heavy atom. The van der Waals surface area contributed by atoms with Crippen LogP contribution in [0.1, 0.15) is 5.56 Å². The SMILES string of the molecule is O=C([O-])CNCc1ccccc1.[K+]. The van der Waals surface area contributed by atoms with Gasteiger partial charge in [0.2, 0.25) is 0 Å². The minimum atomic E-state index is -1.08. The second kappa shape index (κ2) is 7.67. The van der Waals surface area contributed by atoms with Crippen molar-refractivity contribution in [2.45, 2.75) is 6.54 Å². The number of carboxylic acid groups (broad SMARTS) is 1. The summed E-state index contributed by atoms with van der Waals surface area (Å²) in [5, 5.41) is 12.8. The number of rotatable bonds is 4. The van der Waals surface area contributed by atoms with E-state index in [-0.39, 0.29) is 57.9 Å². The van der Waals surface area contributed by atoms with Crippen LogP contribution in [-0.4, -0.2) is 12.5 Å². The van der Waals surface area contributed by atoms with E-state index >= 15 is 0 Å². The molecule has 4 heteroatoms. The van der Waals surface area contributed by atoms with Crippen LogP contribution < -0.4 is 61.8 Å². The van der Waals surface area contributed by atoms with E-state index in [2.05, 4.69) is 5.32 Å². The van der Waals surface area contributed by atoms with Crippen molar-refractivity contribution in [2.24, 2.45) is 0 Å². The number of hydrogen-bond donors (Lipinski definition) is 1. The second-order valence-corrected chi connectivity index (χ2v) is 2.46. The summed E-state index contributed by atoms with van der Waals surface area (Å²) in [6.07, 6.45) is 0. The van der Waals surface area contributed by atoms with E-state index in [1.807, 2.05) is 30.3 Å². The fourth-order valence-electron chi connectivity index (χ4n) is 0.905. The number of carbonyl (C=O) groups excluding carboxylic acids is 1. The van der Waals surface area contributed by atoms with Crippen LogP contribution in [0.5, 0.6) is 0 Å². The van der Waals surface area contributed by atoms with Crippen molar-refractivity contribution < 1.29 is 61.3 Å². The molecule has 0 aromatic heterocycles. The van der Waals surface area contributed by atoms with E-state index in [4.69, 9.17) is 0 Å². The summed E-state index contributed by atoms with van der Waals surface area (Å²) in [7, 11) is 0. The van der Waals surface area contributed by atoms with E-state index in [9.17, 15) is 9.90 Å². The number of carbonyl (C=O) groups is 1. The number of benzene rings is 1. The molecule has 1 rings (SSSR count). The van der Waals surface area contributed by atoms with Crippen LogP contribution in [-0.2, 0) is 11.3 Å². The van der Waals surface area contributed by atoms with Crippen LogP contribution in [0.25, 0.3) is 0 Å². The fraction of sp³-hybridized carbons (Fsp3) is 0.222. The van der Waals surface area contributed by atoms with Crippen LogP contribution in [0, 0.1) is 0 Å². The Kier molecular flexibility index (Phi) is 7.84. The van der Waals surface area contributed by atoms with E-state index in [0.717, 1.165) is 5.56 Å². The topological polar surface area (TPSA) is 52.2 Å². The molecule has 0 aliphatic rings. The van der Waals surface area contributed by atoms with Crippen molar-refractivity contribution in [3.05, 3.63) is 35.9 Å². The molecular formula is C9H10KNO2. The van der Waals surface area contributed by atoms with Gasteiger partial charge >= 0.3 is 51.4 Å². The van der Waals surface area contributed by atoms with Crippen LogP contribution in [0.4, 0.5) is 0 Å². The minimum absolute atomic E-state index is 0. The molecule has 0 unspecified atom stereocenters. The first-order valence-corrected chi connectivity index (χ1v) is 3.73. The van der Waals surface area contributed by atoms with Crippen molar-refractivity contribution in [2.75, 3.05) is 6.54 Å². The van der Waals surface area contributed by atoms with Gasteiger partial charge in [-0.2, -0.15) is 0 Å². The van der Waals surface area contributed by atoms with Gasteiger partial charge in [-0.15, -0.1) is 0 Å². The Hall–Kier alpha value is 0.286. The Morgan fingerprint density at radius 3 is 2.46 bits per heavy atom. The molecule has 0 saturated carbocycles. The first-order valence-electron chi connectivity index (χ1n) is 3.73. The van der Waals surface area contributed by atoms with Crippen molar-refractivity contribution >= 4 is 5.97 Å². The van der Waals surface area contributed by atoms with Crippen LogP contribution in [0.3, 0.4) is 0 Å². The molecule has 0 heterocycles. The molecule has 0 spiro atoms. The van der Waals surface area contributed by atoms with E-state index in [0.29, 0.717) is 6.54 Å². The van der Waals surface area contributed by atoms with Gasteiger partial charge in [0.25, 0.3) is 0 Å². The largest absolute Gasteiger partial charge is 1.00 e. The Balaban J connectivity index is 0.00000144. The maximum Gasteiger partial charge on any atom is 1.00 e. The van der Waals surface area contributed by atoms with Crippen molar-refractivity contribution in [3.63, 3.8) is 0 Å². The maximum atomic E-state index is 10.0. The minimum Gasteiger partial charge on any atom is -0.549 e. The number of hydrogen-bond acceptors (Lipinski definition) is 3. The first-order chi connectivity index (χ1) is 5.79. The zero-order valence-corrected chi connectivity index (χ0v) is 10.7. The summed E-state index contributed by atoms with van der Waals surface area (Å²) in [4.78, 5) is 10.0. The molecule has 0 fully saturated rings. The van der Waals surface area contributed by atoms with Crippen molar-refractivity contribution in [1.29, 1.82) is 0 Å². The maximum absolute atomic E-state index is 10.0. The van der Waals surface area contributed by atoms with Gasteiger partial charge < -0.3 is 15.2 Å². The zero-order chi connectivity index (χ0) is 8.81. The molecule has 13 heavy (non-hydrogen) atoms. The molecule has 1 aromatic rings. The molecule has 0 bridgehead atoms. The molecule has 0 saturated heterocycles. The van der Waals surface area contributed by atoms with E-state index < -0.39 is 5.97 Å². The van der Waals surface area contributed by atoms with Crippen molar-refractivity contribution in [3.8, 4) is 0 Å². The molecular weight excluding hydrogens is 193 g/mol. The van der Waals surface area contributed by atoms with E-state index in [1.54, 1.807) is 0 Å². The summed E-state index contributed by atoms with van der Waals surface area (Å²) < 4.78 is 0. The third-order valence-corrected chi connectivity index (χ3v) is 1.44. The molecule has 3 nitrogen and oxygen atoms in total. The smallest absolute Gasteiger partial charge is 0.549 e. The predicted molar refractivity (Wildman–Crippen MR) is 43.2 cm³/mol. The van der Waals surface area contributed by atoms with Crippen LogP contribution in [0.2, 0.25) is 0 Å². The molecule has 64 valence electrons. The second-order valence-electron chi connectivity index (χ2n) is 2.46. The molecule has 1 N–H and O–H groups in total. The molecule has 0 aliphatic carbocycles. The average Bonchev–Trinajstić information content (AvgIpc) is 2.05. The van der Waals surface area contributed by atoms with Gasteiger partial charge in [0.05, 0.1) is 5.97 Å².